The monoisotopic (exact) mass is 820 g/mol. The van der Waals surface area contributed by atoms with Crippen LogP contribution in [0.4, 0.5) is 29.3 Å². The molecule has 3 amide bonds. The molecule has 0 aliphatic carbocycles. The fraction of sp³-hybridized carbons (Fsp3) is 0.500. The Bertz CT molecular complexity index is 1990. The average molecular weight is 821 g/mol. The summed E-state index contributed by atoms with van der Waals surface area (Å²) in [5, 5.41) is 14.5. The molecule has 0 radical (unpaired) electrons. The van der Waals surface area contributed by atoms with Crippen molar-refractivity contribution < 1.29 is 56.4 Å². The Labute approximate surface area is 333 Å². The Hall–Kier alpha value is -4.64. The first-order valence-corrected chi connectivity index (χ1v) is 18.6. The first kappa shape index (κ1) is 43.5. The van der Waals surface area contributed by atoms with Gasteiger partial charge in [-0.2, -0.15) is 13.2 Å². The molecule has 0 unspecified atom stereocenters. The molecule has 17 heteroatoms. The van der Waals surface area contributed by atoms with Crippen molar-refractivity contribution in [1.82, 2.24) is 10.2 Å². The Balaban J connectivity index is 1.51. The van der Waals surface area contributed by atoms with Gasteiger partial charge in [-0.15, -0.1) is 0 Å². The van der Waals surface area contributed by atoms with Crippen LogP contribution < -0.4 is 16.0 Å². The van der Waals surface area contributed by atoms with Gasteiger partial charge in [-0.3, -0.25) is 14.9 Å². The molecule has 2 saturated heterocycles. The number of ether oxygens (including phenoxy) is 4. The number of nitrogens with one attached hydrogen (secondary N) is 1. The number of alkyl halides is 3. The highest BCUT2D eigenvalue weighted by Crippen LogP contribution is 2.49. The molecular weight excluding hydrogens is 773 g/mol. The average Bonchev–Trinajstić information content (AvgIpc) is 3.83. The van der Waals surface area contributed by atoms with Gasteiger partial charge in [-0.25, -0.2) is 9.59 Å². The Morgan fingerprint density at radius 2 is 1.88 bits per heavy atom. The highest BCUT2D eigenvalue weighted by molar-refractivity contribution is 6.34. The number of halogens is 4. The number of amides is 3. The van der Waals surface area contributed by atoms with Crippen molar-refractivity contribution in [2.24, 2.45) is 5.92 Å². The van der Waals surface area contributed by atoms with Gasteiger partial charge in [0, 0.05) is 39.2 Å². The Morgan fingerprint density at radius 1 is 1.19 bits per heavy atom. The van der Waals surface area contributed by atoms with E-state index >= 15 is 0 Å². The fourth-order valence-electron chi connectivity index (χ4n) is 7.39. The molecule has 310 valence electrons. The number of aliphatic hydroxyl groups is 1. The number of anilines is 2. The molecule has 4 N–H and O–H groups in total. The van der Waals surface area contributed by atoms with Crippen LogP contribution in [0.2, 0.25) is 5.02 Å². The molecule has 0 aromatic heterocycles. The summed E-state index contributed by atoms with van der Waals surface area (Å²) in [5.41, 5.74) is 2.94. The van der Waals surface area contributed by atoms with E-state index in [-0.39, 0.29) is 12.1 Å². The van der Waals surface area contributed by atoms with Crippen LogP contribution in [0.25, 0.3) is 0 Å². The lowest BCUT2D eigenvalue weighted by Crippen LogP contribution is -2.63. The second kappa shape index (κ2) is 16.3. The number of esters is 1. The molecule has 4 bridgehead atoms. The summed E-state index contributed by atoms with van der Waals surface area (Å²) in [7, 11) is 4.07. The number of alkyl carbamates (subject to hydrolysis) is 1. The summed E-state index contributed by atoms with van der Waals surface area (Å²) in [6, 6.07) is 4.94. The van der Waals surface area contributed by atoms with E-state index in [1.54, 1.807) is 39.0 Å². The van der Waals surface area contributed by atoms with E-state index in [0.29, 0.717) is 28.8 Å². The maximum absolute atomic E-state index is 14.1. The molecule has 3 heterocycles. The number of epoxide rings is 1. The Morgan fingerprint density at radius 3 is 2.53 bits per heavy atom. The molecular formula is C40H48ClF3N4O9. The SMILES string of the molecule is CO[C@@H]1/C=C/C=C(\C)Cc2cc(C)c(Cl)c(c2)N(C)C(=O)C[C@H](OC(=O)[C@H](C)N(C)C(=O)c2ccc(N)cc2C(F)(F)F)[C@]2(C)O[C@H]2[C@H](C)[C@@H]2C[C@@]1(O)NC(=O)O2. The zero-order chi connectivity index (χ0) is 42.4. The standard InChI is InChI=1S/C40H48ClF3N4O9/c1-20-10-9-11-30(54-8)39(53)19-29(55-37(52)46-39)22(3)34-38(5,57-34)31(18-32(49)48(7)28-16-24(14-20)15-21(2)33(28)41)56-36(51)23(4)47(6)35(50)26-13-12-25(45)17-27(26)40(42,43)44/h9-13,15-17,22-23,29-31,34,53H,14,18-19,45H2,1-8H3,(H,46,52)/b11-9+,20-10+/t22-,23+,29+,30-,31+,34+,38+,39+/m1/s1. The van der Waals surface area contributed by atoms with Crippen molar-refractivity contribution in [1.29, 1.82) is 0 Å². The van der Waals surface area contributed by atoms with Gasteiger partial charge in [0.2, 0.25) is 5.91 Å². The normalized spacial score (nSPS) is 30.2. The number of nitrogens with two attached hydrogens (primary N) is 1. The largest absolute Gasteiger partial charge is 0.457 e. The fourth-order valence-corrected chi connectivity index (χ4v) is 7.62. The third kappa shape index (κ3) is 9.09. The smallest absolute Gasteiger partial charge is 0.417 e. The van der Waals surface area contributed by atoms with Gasteiger partial charge in [0.25, 0.3) is 5.91 Å². The first-order valence-electron chi connectivity index (χ1n) is 18.3. The number of benzene rings is 2. The zero-order valence-corrected chi connectivity index (χ0v) is 33.7. The number of methoxy groups -OCH3 is 1. The minimum Gasteiger partial charge on any atom is -0.457 e. The van der Waals surface area contributed by atoms with Crippen molar-refractivity contribution in [3.8, 4) is 0 Å². The number of nitrogens with zero attached hydrogens (tertiary/aromatic N) is 2. The van der Waals surface area contributed by atoms with E-state index in [9.17, 15) is 37.5 Å². The molecule has 13 nitrogen and oxygen atoms in total. The van der Waals surface area contributed by atoms with E-state index in [0.717, 1.165) is 35.2 Å². The molecule has 2 aromatic carbocycles. The Kier molecular flexibility index (Phi) is 12.4. The summed E-state index contributed by atoms with van der Waals surface area (Å²) < 4.78 is 65.1. The quantitative estimate of drug-likeness (QED) is 0.192. The first-order chi connectivity index (χ1) is 26.5. The van der Waals surface area contributed by atoms with Crippen LogP contribution in [-0.4, -0.2) is 96.9 Å². The predicted molar refractivity (Wildman–Crippen MR) is 204 cm³/mol. The summed E-state index contributed by atoms with van der Waals surface area (Å²) in [6.07, 6.45) is -4.85. The summed E-state index contributed by atoms with van der Waals surface area (Å²) >= 11 is 6.74. The maximum atomic E-state index is 14.1. The summed E-state index contributed by atoms with van der Waals surface area (Å²) in [4.78, 5) is 56.4. The van der Waals surface area contributed by atoms with Gasteiger partial charge in [0.1, 0.15) is 30.0 Å². The van der Waals surface area contributed by atoms with Gasteiger partial charge in [-0.05, 0) is 69.5 Å². The number of carbonyl (C=O) groups excluding carboxylic acids is 4. The zero-order valence-electron chi connectivity index (χ0n) is 32.9. The number of fused-ring (bicyclic) bond motifs is 5. The molecule has 2 fully saturated rings. The van der Waals surface area contributed by atoms with Crippen molar-refractivity contribution in [3.05, 3.63) is 81.4 Å². The lowest BCUT2D eigenvalue weighted by molar-refractivity contribution is -0.158. The molecule has 2 aromatic rings. The molecule has 3 aliphatic rings. The van der Waals surface area contributed by atoms with Gasteiger partial charge < -0.3 is 39.6 Å². The van der Waals surface area contributed by atoms with Crippen molar-refractivity contribution in [2.45, 2.75) is 102 Å². The minimum atomic E-state index is -4.92. The number of aryl methyl sites for hydroxylation is 1. The van der Waals surface area contributed by atoms with E-state index < -0.39 is 95.3 Å². The van der Waals surface area contributed by atoms with Crippen LogP contribution in [0.1, 0.15) is 67.6 Å². The lowest BCUT2D eigenvalue weighted by atomic mass is 9.83. The highest BCUT2D eigenvalue weighted by atomic mass is 35.5. The molecule has 0 saturated carbocycles. The number of nitrogen functional groups attached to an aromatic ring is 1. The van der Waals surface area contributed by atoms with Crippen LogP contribution in [0.5, 0.6) is 0 Å². The molecule has 3 aliphatic heterocycles. The second-order valence-corrected chi connectivity index (χ2v) is 15.6. The number of rotatable bonds is 5. The number of likely N-dealkylation sites (N-methyl/N-ethyl adjacent to an activating group) is 1. The van der Waals surface area contributed by atoms with Crippen molar-refractivity contribution in [3.63, 3.8) is 0 Å². The summed E-state index contributed by atoms with van der Waals surface area (Å²) in [5.74, 6) is -3.33. The van der Waals surface area contributed by atoms with Crippen LogP contribution in [-0.2, 0) is 41.1 Å². The van der Waals surface area contributed by atoms with E-state index in [1.165, 1.54) is 26.0 Å². The van der Waals surface area contributed by atoms with Crippen LogP contribution in [0.15, 0.2) is 54.1 Å². The third-order valence-corrected chi connectivity index (χ3v) is 11.5. The molecule has 5 rings (SSSR count). The highest BCUT2D eigenvalue weighted by Gasteiger charge is 2.64. The molecule has 0 spiro atoms. The number of carbonyl (C=O) groups is 4. The van der Waals surface area contributed by atoms with Gasteiger partial charge in [0.15, 0.2) is 5.72 Å². The minimum absolute atomic E-state index is 0.133. The van der Waals surface area contributed by atoms with Crippen LogP contribution in [0.3, 0.4) is 0 Å². The topological polar surface area (TPSA) is 173 Å². The van der Waals surface area contributed by atoms with Crippen LogP contribution in [0, 0.1) is 12.8 Å². The van der Waals surface area contributed by atoms with Crippen molar-refractivity contribution in [2.75, 3.05) is 31.8 Å². The van der Waals surface area contributed by atoms with Crippen LogP contribution >= 0.6 is 11.6 Å². The van der Waals surface area contributed by atoms with E-state index in [1.807, 2.05) is 19.1 Å². The lowest BCUT2D eigenvalue weighted by Gasteiger charge is -2.42. The van der Waals surface area contributed by atoms with Crippen molar-refractivity contribution >= 4 is 46.9 Å². The maximum Gasteiger partial charge on any atom is 0.417 e. The number of allylic oxidation sites excluding steroid dienone is 3. The van der Waals surface area contributed by atoms with Gasteiger partial charge >= 0.3 is 18.2 Å². The third-order valence-electron chi connectivity index (χ3n) is 11.0. The molecule has 8 atom stereocenters. The van der Waals surface area contributed by atoms with Gasteiger partial charge in [-0.1, -0.05) is 48.4 Å². The predicted octanol–water partition coefficient (Wildman–Crippen LogP) is 5.73. The molecule has 57 heavy (non-hydrogen) atoms. The van der Waals surface area contributed by atoms with Gasteiger partial charge in [0.05, 0.1) is 34.4 Å². The summed E-state index contributed by atoms with van der Waals surface area (Å²) in [6.45, 7) is 8.30. The van der Waals surface area contributed by atoms with E-state index in [2.05, 4.69) is 5.32 Å². The van der Waals surface area contributed by atoms with E-state index in [4.69, 9.17) is 36.3 Å². The number of hydrogen-bond donors (Lipinski definition) is 3. The number of hydrogen-bond acceptors (Lipinski definition) is 10. The second-order valence-electron chi connectivity index (χ2n) is 15.2.